The number of alkyl halides is 3. The van der Waals surface area contributed by atoms with Gasteiger partial charge in [-0.15, -0.1) is 0 Å². The number of rotatable bonds is 1. The number of hydrogen-bond donors (Lipinski definition) is 1. The van der Waals surface area contributed by atoms with Gasteiger partial charge in [0.25, 0.3) is 0 Å². The Labute approximate surface area is 103 Å². The normalized spacial score (nSPS) is 17.8. The number of hydrogen-bond acceptors (Lipinski definition) is 2. The van der Waals surface area contributed by atoms with Gasteiger partial charge in [0.1, 0.15) is 11.4 Å². The molecule has 0 fully saturated rings. The summed E-state index contributed by atoms with van der Waals surface area (Å²) in [5.41, 5.74) is 5.44. The predicted octanol–water partition coefficient (Wildman–Crippen LogP) is 3.22. The fourth-order valence-electron chi connectivity index (χ4n) is 2.03. The van der Waals surface area contributed by atoms with Crippen molar-refractivity contribution in [3.05, 3.63) is 35.4 Å². The van der Waals surface area contributed by atoms with Crippen molar-refractivity contribution in [3.8, 4) is 5.75 Å². The van der Waals surface area contributed by atoms with Gasteiger partial charge in [0.15, 0.2) is 0 Å². The fourth-order valence-corrected chi connectivity index (χ4v) is 2.03. The summed E-state index contributed by atoms with van der Waals surface area (Å²) in [6, 6.07) is 3.46. The Hall–Kier alpha value is -1.49. The number of halogens is 3. The van der Waals surface area contributed by atoms with E-state index >= 15 is 0 Å². The Morgan fingerprint density at radius 1 is 1.28 bits per heavy atom. The number of fused-ring (bicyclic) bond motifs is 1. The maximum atomic E-state index is 12.6. The zero-order valence-corrected chi connectivity index (χ0v) is 10.1. The molecule has 1 aromatic rings. The van der Waals surface area contributed by atoms with Crippen molar-refractivity contribution in [1.29, 1.82) is 0 Å². The molecule has 0 unspecified atom stereocenters. The topological polar surface area (TPSA) is 35.2 Å². The lowest BCUT2D eigenvalue weighted by molar-refractivity contribution is -0.137. The molecular weight excluding hydrogens is 243 g/mol. The molecule has 18 heavy (non-hydrogen) atoms. The molecule has 0 saturated carbocycles. The van der Waals surface area contributed by atoms with Crippen LogP contribution in [-0.2, 0) is 6.18 Å². The van der Waals surface area contributed by atoms with Crippen LogP contribution in [0.2, 0.25) is 0 Å². The Balaban J connectivity index is 2.54. The van der Waals surface area contributed by atoms with Crippen LogP contribution in [0.3, 0.4) is 0 Å². The second kappa shape index (κ2) is 4.02. The molecule has 5 heteroatoms. The number of ether oxygens (including phenoxy) is 1. The zero-order chi connectivity index (χ0) is 13.6. The highest BCUT2D eigenvalue weighted by Gasteiger charge is 2.33. The highest BCUT2D eigenvalue weighted by atomic mass is 19.4. The van der Waals surface area contributed by atoms with Gasteiger partial charge in [0.2, 0.25) is 0 Å². The van der Waals surface area contributed by atoms with Gasteiger partial charge in [0, 0.05) is 12.1 Å². The van der Waals surface area contributed by atoms with Gasteiger partial charge >= 0.3 is 6.18 Å². The van der Waals surface area contributed by atoms with Gasteiger partial charge in [-0.25, -0.2) is 0 Å². The SMILES string of the molecule is CC1(C)C=C(CN)c2cc(C(F)(F)F)ccc2O1. The molecule has 0 atom stereocenters. The van der Waals surface area contributed by atoms with Gasteiger partial charge < -0.3 is 10.5 Å². The van der Waals surface area contributed by atoms with E-state index in [0.29, 0.717) is 16.9 Å². The molecule has 2 nitrogen and oxygen atoms in total. The van der Waals surface area contributed by atoms with Crippen molar-refractivity contribution in [3.63, 3.8) is 0 Å². The Morgan fingerprint density at radius 2 is 1.94 bits per heavy atom. The zero-order valence-electron chi connectivity index (χ0n) is 10.1. The minimum absolute atomic E-state index is 0.182. The first-order chi connectivity index (χ1) is 8.23. The molecule has 2 N–H and O–H groups in total. The van der Waals surface area contributed by atoms with Crippen molar-refractivity contribution in [1.82, 2.24) is 0 Å². The maximum Gasteiger partial charge on any atom is 0.416 e. The van der Waals surface area contributed by atoms with Crippen LogP contribution in [0.15, 0.2) is 24.3 Å². The molecule has 0 bridgehead atoms. The van der Waals surface area contributed by atoms with Crippen LogP contribution in [0.4, 0.5) is 13.2 Å². The highest BCUT2D eigenvalue weighted by Crippen LogP contribution is 2.39. The third-order valence-corrected chi connectivity index (χ3v) is 2.77. The summed E-state index contributed by atoms with van der Waals surface area (Å²) in [4.78, 5) is 0. The van der Waals surface area contributed by atoms with Crippen LogP contribution in [0.25, 0.3) is 5.57 Å². The molecule has 1 aliphatic rings. The smallest absolute Gasteiger partial charge is 0.416 e. The van der Waals surface area contributed by atoms with Crippen molar-refractivity contribution in [2.45, 2.75) is 25.6 Å². The lowest BCUT2D eigenvalue weighted by atomic mass is 9.93. The lowest BCUT2D eigenvalue weighted by Gasteiger charge is -2.31. The molecule has 1 aliphatic heterocycles. The Bertz CT molecular complexity index is 503. The van der Waals surface area contributed by atoms with Crippen LogP contribution in [0.1, 0.15) is 25.0 Å². The minimum Gasteiger partial charge on any atom is -0.483 e. The summed E-state index contributed by atoms with van der Waals surface area (Å²) in [5.74, 6) is 0.441. The average molecular weight is 257 g/mol. The Kier molecular flexibility index (Phi) is 2.89. The first kappa shape index (κ1) is 13.0. The van der Waals surface area contributed by atoms with Crippen LogP contribution in [-0.4, -0.2) is 12.1 Å². The van der Waals surface area contributed by atoms with Crippen molar-refractivity contribution in [2.75, 3.05) is 6.54 Å². The van der Waals surface area contributed by atoms with E-state index in [2.05, 4.69) is 0 Å². The minimum atomic E-state index is -4.36. The van der Waals surface area contributed by atoms with Crippen LogP contribution in [0, 0.1) is 0 Å². The van der Waals surface area contributed by atoms with E-state index in [4.69, 9.17) is 10.5 Å². The quantitative estimate of drug-likeness (QED) is 0.838. The molecule has 0 aliphatic carbocycles. The molecular formula is C13H14F3NO. The molecule has 0 aromatic heterocycles. The van der Waals surface area contributed by atoms with E-state index in [1.54, 1.807) is 6.08 Å². The second-order valence-corrected chi connectivity index (χ2v) is 4.79. The maximum absolute atomic E-state index is 12.6. The van der Waals surface area contributed by atoms with Crippen LogP contribution < -0.4 is 10.5 Å². The number of benzene rings is 1. The van der Waals surface area contributed by atoms with E-state index in [0.717, 1.165) is 12.1 Å². The molecule has 98 valence electrons. The van der Waals surface area contributed by atoms with Crippen molar-refractivity contribution >= 4 is 5.57 Å². The van der Waals surface area contributed by atoms with Gasteiger partial charge in [-0.3, -0.25) is 0 Å². The van der Waals surface area contributed by atoms with E-state index in [-0.39, 0.29) is 6.54 Å². The first-order valence-corrected chi connectivity index (χ1v) is 5.55. The van der Waals surface area contributed by atoms with Gasteiger partial charge in [-0.05, 0) is 43.7 Å². The van der Waals surface area contributed by atoms with E-state index < -0.39 is 17.3 Å². The van der Waals surface area contributed by atoms with Gasteiger partial charge in [-0.1, -0.05) is 0 Å². The second-order valence-electron chi connectivity index (χ2n) is 4.79. The molecule has 0 saturated heterocycles. The molecule has 0 amide bonds. The van der Waals surface area contributed by atoms with Gasteiger partial charge in [0.05, 0.1) is 5.56 Å². The fraction of sp³-hybridized carbons (Fsp3) is 0.385. The number of nitrogens with two attached hydrogens (primary N) is 1. The van der Waals surface area contributed by atoms with Crippen LogP contribution in [0.5, 0.6) is 5.75 Å². The molecule has 1 aromatic carbocycles. The predicted molar refractivity (Wildman–Crippen MR) is 63.2 cm³/mol. The lowest BCUT2D eigenvalue weighted by Crippen LogP contribution is -2.30. The molecule has 2 rings (SSSR count). The average Bonchev–Trinajstić information content (AvgIpc) is 2.24. The van der Waals surface area contributed by atoms with E-state index in [1.807, 2.05) is 13.8 Å². The highest BCUT2D eigenvalue weighted by molar-refractivity contribution is 5.75. The third-order valence-electron chi connectivity index (χ3n) is 2.77. The third kappa shape index (κ3) is 2.36. The monoisotopic (exact) mass is 257 g/mol. The molecule has 1 heterocycles. The summed E-state index contributed by atoms with van der Waals surface area (Å²) < 4.78 is 43.6. The summed E-state index contributed by atoms with van der Waals surface area (Å²) in [6.07, 6.45) is -2.60. The summed E-state index contributed by atoms with van der Waals surface area (Å²) >= 11 is 0. The van der Waals surface area contributed by atoms with Crippen molar-refractivity contribution in [2.24, 2.45) is 5.73 Å². The standard InChI is InChI=1S/C13H14F3NO/c1-12(2)6-8(7-17)10-5-9(13(14,15)16)3-4-11(10)18-12/h3-6H,7,17H2,1-2H3. The summed E-state index contributed by atoms with van der Waals surface area (Å²) in [6.45, 7) is 3.85. The van der Waals surface area contributed by atoms with E-state index in [9.17, 15) is 13.2 Å². The largest absolute Gasteiger partial charge is 0.483 e. The van der Waals surface area contributed by atoms with E-state index in [1.165, 1.54) is 6.07 Å². The first-order valence-electron chi connectivity index (χ1n) is 5.55. The Morgan fingerprint density at radius 3 is 2.50 bits per heavy atom. The molecule has 0 radical (unpaired) electrons. The molecule has 0 spiro atoms. The van der Waals surface area contributed by atoms with Crippen molar-refractivity contribution < 1.29 is 17.9 Å². The van der Waals surface area contributed by atoms with Gasteiger partial charge in [-0.2, -0.15) is 13.2 Å². The summed E-state index contributed by atoms with van der Waals surface area (Å²) in [5, 5.41) is 0. The summed E-state index contributed by atoms with van der Waals surface area (Å²) in [7, 11) is 0. The van der Waals surface area contributed by atoms with Crippen LogP contribution >= 0.6 is 0 Å².